The first kappa shape index (κ1) is 14.8. The zero-order valence-electron chi connectivity index (χ0n) is 13.7. The molecule has 4 aliphatic carbocycles. The Morgan fingerprint density at radius 2 is 1.71 bits per heavy atom. The van der Waals surface area contributed by atoms with E-state index in [1.54, 1.807) is 11.8 Å². The lowest BCUT2D eigenvalue weighted by atomic mass is 9.49. The van der Waals surface area contributed by atoms with Gasteiger partial charge in [0.05, 0.1) is 0 Å². The van der Waals surface area contributed by atoms with Gasteiger partial charge in [0.15, 0.2) is 0 Å². The van der Waals surface area contributed by atoms with E-state index < -0.39 is 0 Å². The van der Waals surface area contributed by atoms with Gasteiger partial charge in [-0.2, -0.15) is 0 Å². The van der Waals surface area contributed by atoms with Crippen LogP contribution >= 0.6 is 11.8 Å². The van der Waals surface area contributed by atoms with Crippen LogP contribution in [0.5, 0.6) is 0 Å². The third-order valence-electron chi connectivity index (χ3n) is 6.33. The molecule has 4 saturated carbocycles. The second-order valence-corrected chi connectivity index (χ2v) is 9.02. The van der Waals surface area contributed by atoms with Gasteiger partial charge in [-0.3, -0.25) is 4.63 Å². The van der Waals surface area contributed by atoms with Gasteiger partial charge in [-0.05, 0) is 66.7 Å². The maximum atomic E-state index is 12.2. The molecule has 126 valence electrons. The first-order chi connectivity index (χ1) is 11.7. The summed E-state index contributed by atoms with van der Waals surface area (Å²) in [6.07, 6.45) is 7.77. The summed E-state index contributed by atoms with van der Waals surface area (Å²) in [5.74, 6) is 3.28. The van der Waals surface area contributed by atoms with Gasteiger partial charge < -0.3 is 5.21 Å². The van der Waals surface area contributed by atoms with Gasteiger partial charge in [-0.15, -0.1) is 0 Å². The van der Waals surface area contributed by atoms with Crippen molar-refractivity contribution in [2.24, 2.45) is 17.8 Å². The molecule has 0 radical (unpaired) electrons. The fourth-order valence-corrected chi connectivity index (χ4v) is 6.84. The first-order valence-electron chi connectivity index (χ1n) is 8.99. The summed E-state index contributed by atoms with van der Waals surface area (Å²) in [4.78, 5) is 0.640. The number of hydrogen-bond donors (Lipinski definition) is 0. The summed E-state index contributed by atoms with van der Waals surface area (Å²) >= 11 is 1.58. The van der Waals surface area contributed by atoms with Crippen molar-refractivity contribution in [3.05, 3.63) is 46.8 Å². The fraction of sp³-hybridized carbons (Fsp3) is 0.579. The monoisotopic (exact) mass is 342 g/mol. The second kappa shape index (κ2) is 5.51. The molecule has 0 unspecified atom stereocenters. The zero-order chi connectivity index (χ0) is 16.1. The molecule has 4 nitrogen and oxygen atoms in total. The Bertz CT molecular complexity index is 708. The van der Waals surface area contributed by atoms with Crippen LogP contribution in [-0.4, -0.2) is 5.16 Å². The van der Waals surface area contributed by atoms with Crippen molar-refractivity contribution in [1.29, 1.82) is 0 Å². The fourth-order valence-electron chi connectivity index (χ4n) is 5.81. The second-order valence-electron chi connectivity index (χ2n) is 8.06. The predicted molar refractivity (Wildman–Crippen MR) is 91.3 cm³/mol. The molecule has 4 bridgehead atoms. The maximum absolute atomic E-state index is 12.2. The molecular formula is C19H22N2O2S. The van der Waals surface area contributed by atoms with Gasteiger partial charge in [-0.25, -0.2) is 0 Å². The molecule has 4 fully saturated rings. The minimum absolute atomic E-state index is 0.104. The predicted octanol–water partition coefficient (Wildman–Crippen LogP) is 4.07. The maximum Gasteiger partial charge on any atom is 0.256 e. The Hall–Kier alpha value is -1.49. The minimum atomic E-state index is 0.104. The van der Waals surface area contributed by atoms with Crippen LogP contribution in [0.2, 0.25) is 0 Å². The number of hydrogen-bond acceptors (Lipinski definition) is 4. The quantitative estimate of drug-likeness (QED) is 0.621. The molecule has 24 heavy (non-hydrogen) atoms. The molecule has 1 aromatic heterocycles. The number of benzene rings is 1. The van der Waals surface area contributed by atoms with Crippen molar-refractivity contribution in [2.45, 2.75) is 54.7 Å². The molecule has 6 rings (SSSR count). The average molecular weight is 342 g/mol. The molecular weight excluding hydrogens is 320 g/mol. The van der Waals surface area contributed by atoms with Gasteiger partial charge in [0.25, 0.3) is 5.03 Å². The van der Waals surface area contributed by atoms with E-state index in [0.29, 0.717) is 9.93 Å². The Balaban J connectivity index is 1.45. The standard InChI is InChI=1S/C19H22N2O2S/c22-21-18(24-12-13-4-2-1-3-5-13)17(20-23-21)19-9-14-6-15(10-19)8-16(7-14)11-19/h1-5,14-16H,6-12H2. The number of rotatable bonds is 4. The van der Waals surface area contributed by atoms with Gasteiger partial charge in [0, 0.05) is 16.3 Å². The molecule has 0 spiro atoms. The minimum Gasteiger partial charge on any atom is -0.359 e. The third-order valence-corrected chi connectivity index (χ3v) is 7.43. The van der Waals surface area contributed by atoms with Crippen molar-refractivity contribution in [1.82, 2.24) is 5.16 Å². The average Bonchev–Trinajstić information content (AvgIpc) is 2.94. The lowest BCUT2D eigenvalue weighted by molar-refractivity contribution is -0.831. The molecule has 1 heterocycles. The van der Waals surface area contributed by atoms with Crippen LogP contribution in [0, 0.1) is 23.0 Å². The van der Waals surface area contributed by atoms with Gasteiger partial charge in [0.2, 0.25) is 5.69 Å². The van der Waals surface area contributed by atoms with Crippen LogP contribution in [-0.2, 0) is 11.2 Å². The highest BCUT2D eigenvalue weighted by atomic mass is 32.2. The van der Waals surface area contributed by atoms with E-state index in [-0.39, 0.29) is 5.41 Å². The van der Waals surface area contributed by atoms with E-state index >= 15 is 0 Å². The van der Waals surface area contributed by atoms with Crippen LogP contribution in [0.3, 0.4) is 0 Å². The highest BCUT2D eigenvalue weighted by molar-refractivity contribution is 7.98. The largest absolute Gasteiger partial charge is 0.359 e. The first-order valence-corrected chi connectivity index (χ1v) is 9.97. The number of thioether (sulfide) groups is 1. The Kier molecular flexibility index (Phi) is 3.40. The smallest absolute Gasteiger partial charge is 0.256 e. The van der Waals surface area contributed by atoms with Crippen LogP contribution in [0.25, 0.3) is 0 Å². The normalized spacial score (nSPS) is 33.9. The van der Waals surface area contributed by atoms with Crippen LogP contribution in [0.4, 0.5) is 0 Å². The molecule has 0 aliphatic heterocycles. The van der Waals surface area contributed by atoms with Gasteiger partial charge in [0.1, 0.15) is 0 Å². The zero-order valence-corrected chi connectivity index (χ0v) is 14.5. The van der Waals surface area contributed by atoms with Crippen LogP contribution < -0.4 is 4.90 Å². The summed E-state index contributed by atoms with van der Waals surface area (Å²) in [7, 11) is 0. The van der Waals surface area contributed by atoms with Gasteiger partial charge >= 0.3 is 0 Å². The highest BCUT2D eigenvalue weighted by Gasteiger charge is 2.56. The van der Waals surface area contributed by atoms with E-state index in [9.17, 15) is 5.21 Å². The van der Waals surface area contributed by atoms with Crippen LogP contribution in [0.1, 0.15) is 49.8 Å². The Labute approximate surface area is 146 Å². The molecule has 2 aromatic rings. The molecule has 0 saturated heterocycles. The lowest BCUT2D eigenvalue weighted by Crippen LogP contribution is -2.49. The number of aromatic nitrogens is 2. The molecule has 1 aromatic carbocycles. The van der Waals surface area contributed by atoms with Crippen molar-refractivity contribution < 1.29 is 9.53 Å². The van der Waals surface area contributed by atoms with E-state index in [1.165, 1.54) is 44.1 Å². The van der Waals surface area contributed by atoms with E-state index in [1.807, 2.05) is 18.2 Å². The van der Waals surface area contributed by atoms with E-state index in [4.69, 9.17) is 4.63 Å². The molecule has 0 N–H and O–H groups in total. The van der Waals surface area contributed by atoms with Crippen LogP contribution in [0.15, 0.2) is 40.0 Å². The SMILES string of the molecule is [O-][n+]1onc(C23CC4CC(CC(C4)C2)C3)c1SCc1ccccc1. The molecule has 4 aliphatic rings. The molecule has 0 amide bonds. The van der Waals surface area contributed by atoms with Crippen molar-refractivity contribution in [3.8, 4) is 0 Å². The van der Waals surface area contributed by atoms with Crippen molar-refractivity contribution >= 4 is 11.8 Å². The van der Waals surface area contributed by atoms with Crippen molar-refractivity contribution in [3.63, 3.8) is 0 Å². The summed E-state index contributed by atoms with van der Waals surface area (Å²) in [6, 6.07) is 10.3. The van der Waals surface area contributed by atoms with E-state index in [2.05, 4.69) is 17.3 Å². The Morgan fingerprint density at radius 3 is 2.33 bits per heavy atom. The summed E-state index contributed by atoms with van der Waals surface area (Å²) in [5, 5.41) is 17.2. The number of nitrogens with zero attached hydrogens (tertiary/aromatic N) is 2. The Morgan fingerprint density at radius 1 is 1.08 bits per heavy atom. The summed E-state index contributed by atoms with van der Waals surface area (Å²) in [5.41, 5.74) is 2.28. The lowest BCUT2D eigenvalue weighted by Gasteiger charge is -2.55. The summed E-state index contributed by atoms with van der Waals surface area (Å²) < 4.78 is 5.06. The van der Waals surface area contributed by atoms with Crippen molar-refractivity contribution in [2.75, 3.05) is 0 Å². The topological polar surface area (TPSA) is 53.0 Å². The molecule has 0 atom stereocenters. The summed E-state index contributed by atoms with van der Waals surface area (Å²) in [6.45, 7) is 0. The molecule has 5 heteroatoms. The third kappa shape index (κ3) is 2.36. The highest BCUT2D eigenvalue weighted by Crippen LogP contribution is 2.61. The van der Waals surface area contributed by atoms with Gasteiger partial charge in [-0.1, -0.05) is 42.1 Å². The van der Waals surface area contributed by atoms with E-state index in [0.717, 1.165) is 29.2 Å².